The van der Waals surface area contributed by atoms with Crippen LogP contribution in [0.2, 0.25) is 0 Å². The van der Waals surface area contributed by atoms with Crippen molar-refractivity contribution >= 4 is 5.91 Å². The summed E-state index contributed by atoms with van der Waals surface area (Å²) in [6, 6.07) is 6.69. The Morgan fingerprint density at radius 3 is 2.50 bits per heavy atom. The summed E-state index contributed by atoms with van der Waals surface area (Å²) < 4.78 is 15.8. The second-order valence-electron chi connectivity index (χ2n) is 5.62. The van der Waals surface area contributed by atoms with Gasteiger partial charge in [0.25, 0.3) is 5.91 Å². The lowest BCUT2D eigenvalue weighted by Gasteiger charge is -2.13. The van der Waals surface area contributed by atoms with Gasteiger partial charge in [0.05, 0.1) is 6.54 Å². The molecule has 0 aliphatic carbocycles. The van der Waals surface area contributed by atoms with Gasteiger partial charge in [0.2, 0.25) is 0 Å². The minimum absolute atomic E-state index is 0.0908. The number of benzene rings is 1. The molecule has 0 unspecified atom stereocenters. The van der Waals surface area contributed by atoms with Crippen molar-refractivity contribution < 1.29 is 9.18 Å². The van der Waals surface area contributed by atoms with Crippen molar-refractivity contribution in [1.29, 1.82) is 0 Å². The first-order valence-electron chi connectivity index (χ1n) is 7.65. The van der Waals surface area contributed by atoms with Crippen LogP contribution in [0.4, 0.5) is 4.39 Å². The third kappa shape index (κ3) is 3.06. The molecule has 0 spiro atoms. The molecule has 1 N–H and O–H groups in total. The number of rotatable bonds is 5. The van der Waals surface area contributed by atoms with E-state index in [4.69, 9.17) is 0 Å². The van der Waals surface area contributed by atoms with E-state index in [-0.39, 0.29) is 11.7 Å². The van der Waals surface area contributed by atoms with Gasteiger partial charge in [-0.05, 0) is 44.4 Å². The molecule has 22 heavy (non-hydrogen) atoms. The maximum Gasteiger partial charge on any atom is 0.268 e. The SMILES string of the molecule is CCCNC(=O)c1c(C)c(C)c(C)n1Cc1ccccc1F. The smallest absolute Gasteiger partial charge is 0.268 e. The lowest BCUT2D eigenvalue weighted by molar-refractivity contribution is 0.0944. The van der Waals surface area contributed by atoms with E-state index < -0.39 is 0 Å². The van der Waals surface area contributed by atoms with Crippen LogP contribution in [0.25, 0.3) is 0 Å². The Bertz CT molecular complexity index is 689. The van der Waals surface area contributed by atoms with Crippen LogP contribution in [0.15, 0.2) is 24.3 Å². The Morgan fingerprint density at radius 2 is 1.86 bits per heavy atom. The molecular weight excluding hydrogens is 279 g/mol. The number of nitrogens with one attached hydrogen (secondary N) is 1. The number of hydrogen-bond donors (Lipinski definition) is 1. The van der Waals surface area contributed by atoms with Gasteiger partial charge in [-0.15, -0.1) is 0 Å². The zero-order valence-electron chi connectivity index (χ0n) is 13.7. The van der Waals surface area contributed by atoms with Crippen LogP contribution in [-0.4, -0.2) is 17.0 Å². The second-order valence-corrected chi connectivity index (χ2v) is 5.62. The van der Waals surface area contributed by atoms with E-state index in [9.17, 15) is 9.18 Å². The Balaban J connectivity index is 2.44. The summed E-state index contributed by atoms with van der Waals surface area (Å²) in [6.07, 6.45) is 0.886. The molecule has 0 saturated carbocycles. The third-order valence-corrected chi connectivity index (χ3v) is 4.17. The van der Waals surface area contributed by atoms with Gasteiger partial charge in [-0.3, -0.25) is 4.79 Å². The van der Waals surface area contributed by atoms with Crippen LogP contribution in [0.5, 0.6) is 0 Å². The van der Waals surface area contributed by atoms with Crippen molar-refractivity contribution in [3.8, 4) is 0 Å². The number of aromatic nitrogens is 1. The molecule has 1 amide bonds. The molecule has 2 rings (SSSR count). The summed E-state index contributed by atoms with van der Waals surface area (Å²) in [5, 5.41) is 2.92. The van der Waals surface area contributed by atoms with E-state index in [1.807, 2.05) is 38.3 Å². The van der Waals surface area contributed by atoms with E-state index in [2.05, 4.69) is 5.32 Å². The maximum absolute atomic E-state index is 13.9. The molecule has 1 aromatic carbocycles. The Labute approximate surface area is 131 Å². The molecule has 2 aromatic rings. The summed E-state index contributed by atoms with van der Waals surface area (Å²) in [5.41, 5.74) is 4.26. The van der Waals surface area contributed by atoms with Crippen LogP contribution in [-0.2, 0) is 6.54 Å². The van der Waals surface area contributed by atoms with Crippen molar-refractivity contribution in [2.75, 3.05) is 6.54 Å². The van der Waals surface area contributed by atoms with Crippen molar-refractivity contribution in [3.63, 3.8) is 0 Å². The fourth-order valence-corrected chi connectivity index (χ4v) is 2.63. The number of amides is 1. The van der Waals surface area contributed by atoms with E-state index in [1.54, 1.807) is 12.1 Å². The lowest BCUT2D eigenvalue weighted by Crippen LogP contribution is -2.27. The van der Waals surface area contributed by atoms with Crippen LogP contribution in [0, 0.1) is 26.6 Å². The topological polar surface area (TPSA) is 34.0 Å². The predicted molar refractivity (Wildman–Crippen MR) is 86.8 cm³/mol. The number of carbonyl (C=O) groups excluding carboxylic acids is 1. The molecule has 0 bridgehead atoms. The first kappa shape index (κ1) is 16.3. The first-order valence-corrected chi connectivity index (χ1v) is 7.65. The van der Waals surface area contributed by atoms with Gasteiger partial charge in [-0.2, -0.15) is 0 Å². The Morgan fingerprint density at radius 1 is 1.18 bits per heavy atom. The van der Waals surface area contributed by atoms with Crippen LogP contribution in [0.1, 0.15) is 46.2 Å². The van der Waals surface area contributed by atoms with Crippen LogP contribution in [0.3, 0.4) is 0 Å². The van der Waals surface area contributed by atoms with Crippen molar-refractivity contribution in [2.24, 2.45) is 0 Å². The monoisotopic (exact) mass is 302 g/mol. The minimum atomic E-state index is -0.245. The standard InChI is InChI=1S/C18H23FN2O/c1-5-10-20-18(22)17-13(3)12(2)14(4)21(17)11-15-8-6-7-9-16(15)19/h6-9H,5,10-11H2,1-4H3,(H,20,22). The van der Waals surface area contributed by atoms with Gasteiger partial charge in [0, 0.05) is 17.8 Å². The summed E-state index contributed by atoms with van der Waals surface area (Å²) in [4.78, 5) is 12.5. The van der Waals surface area contributed by atoms with Gasteiger partial charge >= 0.3 is 0 Å². The van der Waals surface area contributed by atoms with Gasteiger partial charge in [0.1, 0.15) is 11.5 Å². The first-order chi connectivity index (χ1) is 10.5. The van der Waals surface area contributed by atoms with Crippen LogP contribution >= 0.6 is 0 Å². The molecule has 4 heteroatoms. The Kier molecular flexibility index (Phi) is 5.01. The second kappa shape index (κ2) is 6.77. The third-order valence-electron chi connectivity index (χ3n) is 4.17. The average Bonchev–Trinajstić information content (AvgIpc) is 2.71. The fourth-order valence-electron chi connectivity index (χ4n) is 2.63. The molecule has 1 aromatic heterocycles. The maximum atomic E-state index is 13.9. The molecule has 118 valence electrons. The normalized spacial score (nSPS) is 10.8. The van der Waals surface area contributed by atoms with Crippen molar-refractivity contribution in [1.82, 2.24) is 9.88 Å². The van der Waals surface area contributed by atoms with Gasteiger partial charge < -0.3 is 9.88 Å². The summed E-state index contributed by atoms with van der Waals surface area (Å²) in [5.74, 6) is -0.335. The van der Waals surface area contributed by atoms with Crippen LogP contribution < -0.4 is 5.32 Å². The fraction of sp³-hybridized carbons (Fsp3) is 0.389. The van der Waals surface area contributed by atoms with Gasteiger partial charge in [-0.1, -0.05) is 25.1 Å². The molecule has 1 heterocycles. The van der Waals surface area contributed by atoms with E-state index >= 15 is 0 Å². The molecule has 0 saturated heterocycles. The highest BCUT2D eigenvalue weighted by molar-refractivity contribution is 5.95. The van der Waals surface area contributed by atoms with E-state index in [0.29, 0.717) is 24.3 Å². The molecule has 0 fully saturated rings. The number of halogens is 1. The molecule has 0 aliphatic heterocycles. The highest BCUT2D eigenvalue weighted by Crippen LogP contribution is 2.23. The van der Waals surface area contributed by atoms with E-state index in [0.717, 1.165) is 23.2 Å². The Hall–Kier alpha value is -2.10. The minimum Gasteiger partial charge on any atom is -0.351 e. The summed E-state index contributed by atoms with van der Waals surface area (Å²) in [7, 11) is 0. The molecule has 0 radical (unpaired) electrons. The summed E-state index contributed by atoms with van der Waals surface area (Å²) >= 11 is 0. The molecule has 3 nitrogen and oxygen atoms in total. The zero-order chi connectivity index (χ0) is 16.3. The zero-order valence-corrected chi connectivity index (χ0v) is 13.7. The number of hydrogen-bond acceptors (Lipinski definition) is 1. The summed E-state index contributed by atoms with van der Waals surface area (Å²) in [6.45, 7) is 8.94. The highest BCUT2D eigenvalue weighted by Gasteiger charge is 2.21. The van der Waals surface area contributed by atoms with E-state index in [1.165, 1.54) is 6.07 Å². The van der Waals surface area contributed by atoms with Crippen molar-refractivity contribution in [3.05, 3.63) is 58.2 Å². The number of carbonyl (C=O) groups is 1. The number of nitrogens with zero attached hydrogens (tertiary/aromatic N) is 1. The molecule has 0 aliphatic rings. The molecule has 0 atom stereocenters. The quantitative estimate of drug-likeness (QED) is 0.897. The molecular formula is C18H23FN2O. The van der Waals surface area contributed by atoms with Gasteiger partial charge in [0.15, 0.2) is 0 Å². The largest absolute Gasteiger partial charge is 0.351 e. The average molecular weight is 302 g/mol. The van der Waals surface area contributed by atoms with Gasteiger partial charge in [-0.25, -0.2) is 4.39 Å². The highest BCUT2D eigenvalue weighted by atomic mass is 19.1. The lowest BCUT2D eigenvalue weighted by atomic mass is 10.1. The predicted octanol–water partition coefficient (Wildman–Crippen LogP) is 3.74. The van der Waals surface area contributed by atoms with Crippen molar-refractivity contribution in [2.45, 2.75) is 40.7 Å².